The minimum absolute atomic E-state index is 0.00459. The highest BCUT2D eigenvalue weighted by molar-refractivity contribution is 5.79. The third-order valence-corrected chi connectivity index (χ3v) is 7.93. The van der Waals surface area contributed by atoms with Gasteiger partial charge in [0, 0.05) is 31.4 Å². The molecule has 0 spiro atoms. The van der Waals surface area contributed by atoms with Crippen LogP contribution < -0.4 is 10.3 Å². The summed E-state index contributed by atoms with van der Waals surface area (Å²) in [5.41, 5.74) is -0.505. The number of benzene rings is 1. The molecule has 1 saturated heterocycles. The van der Waals surface area contributed by atoms with E-state index in [1.165, 1.54) is 33.9 Å². The van der Waals surface area contributed by atoms with Crippen molar-refractivity contribution in [2.45, 2.75) is 56.8 Å². The third-order valence-electron chi connectivity index (χ3n) is 7.93. The molecule has 12 heteroatoms. The van der Waals surface area contributed by atoms with Gasteiger partial charge in [-0.05, 0) is 68.9 Å². The second-order valence-electron chi connectivity index (χ2n) is 10.6. The lowest BCUT2D eigenvalue weighted by molar-refractivity contribution is -0.141. The zero-order chi connectivity index (χ0) is 27.7. The average molecular weight is 548 g/mol. The molecule has 40 heavy (non-hydrogen) atoms. The zero-order valence-electron chi connectivity index (χ0n) is 21.9. The average Bonchev–Trinajstić information content (AvgIpc) is 3.41. The summed E-state index contributed by atoms with van der Waals surface area (Å²) in [4.78, 5) is 40.8. The van der Waals surface area contributed by atoms with E-state index in [4.69, 9.17) is 4.74 Å². The van der Waals surface area contributed by atoms with Crippen LogP contribution in [-0.2, 0) is 11.3 Å². The van der Waals surface area contributed by atoms with Crippen LogP contribution in [0.4, 0.5) is 4.39 Å². The van der Waals surface area contributed by atoms with Gasteiger partial charge in [-0.15, -0.1) is 0 Å². The molecule has 4 heterocycles. The maximum atomic E-state index is 13.3. The number of carbonyl (C=O) groups is 1. The van der Waals surface area contributed by atoms with Gasteiger partial charge in [-0.3, -0.25) is 14.2 Å². The zero-order valence-corrected chi connectivity index (χ0v) is 21.9. The van der Waals surface area contributed by atoms with Gasteiger partial charge in [0.1, 0.15) is 23.6 Å². The van der Waals surface area contributed by atoms with Crippen molar-refractivity contribution in [1.29, 1.82) is 0 Å². The Hall–Kier alpha value is -4.19. The Kier molecular flexibility index (Phi) is 7.01. The van der Waals surface area contributed by atoms with Gasteiger partial charge >= 0.3 is 6.01 Å². The molecule has 2 aliphatic rings. The number of aromatic nitrogens is 6. The molecule has 0 radical (unpaired) electrons. The molecule has 6 rings (SSSR count). The number of hydrogen-bond donors (Lipinski definition) is 1. The molecule has 1 amide bonds. The van der Waals surface area contributed by atoms with E-state index in [2.05, 4.69) is 20.1 Å². The van der Waals surface area contributed by atoms with Gasteiger partial charge in [-0.2, -0.15) is 5.10 Å². The molecule has 1 aromatic carbocycles. The summed E-state index contributed by atoms with van der Waals surface area (Å²) >= 11 is 0. The van der Waals surface area contributed by atoms with Crippen molar-refractivity contribution in [3.8, 4) is 11.7 Å². The van der Waals surface area contributed by atoms with Gasteiger partial charge in [0.15, 0.2) is 5.65 Å². The van der Waals surface area contributed by atoms with Crippen LogP contribution in [0.25, 0.3) is 16.7 Å². The molecule has 3 aromatic heterocycles. The molecule has 0 bridgehead atoms. The predicted octanol–water partition coefficient (Wildman–Crippen LogP) is 2.50. The monoisotopic (exact) mass is 547 g/mol. The molecule has 1 saturated carbocycles. The fraction of sp³-hybridized carbons (Fsp3) is 0.429. The lowest BCUT2D eigenvalue weighted by Gasteiger charge is -2.40. The number of amides is 1. The molecule has 0 atom stereocenters. The first kappa shape index (κ1) is 26.1. The summed E-state index contributed by atoms with van der Waals surface area (Å²) in [6.45, 7) is 0.926. The van der Waals surface area contributed by atoms with Crippen molar-refractivity contribution in [1.82, 2.24) is 34.2 Å². The van der Waals surface area contributed by atoms with Crippen LogP contribution in [0.5, 0.6) is 6.01 Å². The molecule has 1 aliphatic heterocycles. The number of hydrogen-bond acceptors (Lipinski definition) is 8. The van der Waals surface area contributed by atoms with E-state index in [1.807, 2.05) is 4.90 Å². The number of piperidine rings is 1. The fourth-order valence-electron chi connectivity index (χ4n) is 5.63. The molecule has 208 valence electrons. The molecule has 2 fully saturated rings. The first-order valence-corrected chi connectivity index (χ1v) is 13.5. The molecule has 11 nitrogen and oxygen atoms in total. The smallest absolute Gasteiger partial charge is 0.316 e. The Labute approximate surface area is 229 Å². The Morgan fingerprint density at radius 1 is 1.05 bits per heavy atom. The molecule has 1 N–H and O–H groups in total. The summed E-state index contributed by atoms with van der Waals surface area (Å²) < 4.78 is 22.0. The second kappa shape index (κ2) is 10.8. The first-order chi connectivity index (χ1) is 19.4. The number of nitrogens with zero attached hydrogens (tertiary/aromatic N) is 7. The molecule has 4 aromatic rings. The van der Waals surface area contributed by atoms with Crippen molar-refractivity contribution in [2.75, 3.05) is 13.1 Å². The van der Waals surface area contributed by atoms with Gasteiger partial charge in [0.25, 0.3) is 5.56 Å². The van der Waals surface area contributed by atoms with Gasteiger partial charge in [-0.1, -0.05) is 0 Å². The Morgan fingerprint density at radius 3 is 2.45 bits per heavy atom. The number of fused-ring (bicyclic) bond motifs is 1. The largest absolute Gasteiger partial charge is 0.460 e. The quantitative estimate of drug-likeness (QED) is 0.390. The minimum atomic E-state index is -1.13. The van der Waals surface area contributed by atoms with Crippen molar-refractivity contribution in [3.63, 3.8) is 0 Å². The molecular weight excluding hydrogens is 517 g/mol. The number of likely N-dealkylation sites (tertiary alicyclic amines) is 1. The predicted molar refractivity (Wildman–Crippen MR) is 142 cm³/mol. The van der Waals surface area contributed by atoms with E-state index in [0.29, 0.717) is 48.7 Å². The number of aliphatic hydroxyl groups is 1. The lowest BCUT2D eigenvalue weighted by Crippen LogP contribution is -2.51. The maximum absolute atomic E-state index is 13.3. The van der Waals surface area contributed by atoms with Crippen molar-refractivity contribution < 1.29 is 19.0 Å². The van der Waals surface area contributed by atoms with Gasteiger partial charge in [0.2, 0.25) is 5.91 Å². The van der Waals surface area contributed by atoms with Crippen LogP contribution in [-0.4, -0.2) is 70.0 Å². The van der Waals surface area contributed by atoms with E-state index in [-0.39, 0.29) is 35.9 Å². The van der Waals surface area contributed by atoms with E-state index in [9.17, 15) is 19.1 Å². The first-order valence-electron chi connectivity index (χ1n) is 13.5. The highest BCUT2D eigenvalue weighted by atomic mass is 19.1. The standard InChI is InChI=1S/C28H30FN7O4/c29-20-4-6-21(7-5-20)36-24-23(16-33-36)26(38)35(18-32-24)17-28(39)10-14-34(15-11-28)25(37)19-2-8-22(9-3-19)40-27-30-12-1-13-31-27/h1,4-7,12-13,16,18-19,22,39H,2-3,8-11,14-15,17H2. The minimum Gasteiger partial charge on any atom is -0.460 e. The number of carbonyl (C=O) groups excluding carboxylic acids is 1. The number of ether oxygens (including phenoxy) is 1. The number of halogens is 1. The molecule has 0 unspecified atom stereocenters. The van der Waals surface area contributed by atoms with Crippen LogP contribution in [0, 0.1) is 11.7 Å². The SMILES string of the molecule is O=C(C1CCC(Oc2ncccn2)CC1)N1CCC(O)(Cn2cnc3c(cnn3-c3ccc(F)cc3)c2=O)CC1. The van der Waals surface area contributed by atoms with E-state index in [1.54, 1.807) is 30.6 Å². The topological polar surface area (TPSA) is 128 Å². The van der Waals surface area contributed by atoms with Gasteiger partial charge in [-0.25, -0.2) is 24.0 Å². The highest BCUT2D eigenvalue weighted by Crippen LogP contribution is 2.31. The van der Waals surface area contributed by atoms with E-state index >= 15 is 0 Å². The highest BCUT2D eigenvalue weighted by Gasteiger charge is 2.37. The van der Waals surface area contributed by atoms with Gasteiger partial charge in [0.05, 0.1) is 24.0 Å². The summed E-state index contributed by atoms with van der Waals surface area (Å²) in [7, 11) is 0. The van der Waals surface area contributed by atoms with Crippen molar-refractivity contribution >= 4 is 16.9 Å². The lowest BCUT2D eigenvalue weighted by atomic mass is 9.85. The van der Waals surface area contributed by atoms with E-state index in [0.717, 1.165) is 25.7 Å². The summed E-state index contributed by atoms with van der Waals surface area (Å²) in [5.74, 6) is -0.313. The summed E-state index contributed by atoms with van der Waals surface area (Å²) in [6.07, 6.45) is 9.87. The summed E-state index contributed by atoms with van der Waals surface area (Å²) in [5, 5.41) is 15.9. The normalized spacial score (nSPS) is 20.9. The van der Waals surface area contributed by atoms with E-state index < -0.39 is 5.60 Å². The van der Waals surface area contributed by atoms with Crippen molar-refractivity contribution in [2.24, 2.45) is 5.92 Å². The Morgan fingerprint density at radius 2 is 1.75 bits per heavy atom. The number of rotatable bonds is 6. The van der Waals surface area contributed by atoms with Gasteiger partial charge < -0.3 is 14.7 Å². The van der Waals surface area contributed by atoms with Crippen LogP contribution in [0.15, 0.2) is 60.0 Å². The third kappa shape index (κ3) is 5.31. The summed E-state index contributed by atoms with van der Waals surface area (Å²) in [6, 6.07) is 7.86. The Balaban J connectivity index is 1.05. The molecular formula is C28H30FN7O4. The Bertz CT molecular complexity index is 1540. The van der Waals surface area contributed by atoms with Crippen molar-refractivity contribution in [3.05, 3.63) is 71.4 Å². The van der Waals surface area contributed by atoms with Crippen LogP contribution in [0.3, 0.4) is 0 Å². The van der Waals surface area contributed by atoms with Crippen LogP contribution in [0.1, 0.15) is 38.5 Å². The van der Waals surface area contributed by atoms with Crippen LogP contribution in [0.2, 0.25) is 0 Å². The fourth-order valence-corrected chi connectivity index (χ4v) is 5.63. The maximum Gasteiger partial charge on any atom is 0.316 e. The molecule has 1 aliphatic carbocycles. The van der Waals surface area contributed by atoms with Crippen LogP contribution >= 0.6 is 0 Å². The second-order valence-corrected chi connectivity index (χ2v) is 10.6.